The highest BCUT2D eigenvalue weighted by molar-refractivity contribution is 5.59. The number of aromatic nitrogens is 2. The van der Waals surface area contributed by atoms with Crippen molar-refractivity contribution in [3.8, 4) is 0 Å². The smallest absolute Gasteiger partial charge is 0.171 e. The van der Waals surface area contributed by atoms with E-state index in [9.17, 15) is 0 Å². The fourth-order valence-electron chi connectivity index (χ4n) is 0.703. The van der Waals surface area contributed by atoms with E-state index in [0.717, 1.165) is 5.69 Å². The van der Waals surface area contributed by atoms with E-state index in [0.29, 0.717) is 11.5 Å². The van der Waals surface area contributed by atoms with Crippen LogP contribution in [0.1, 0.15) is 5.69 Å². The number of hydrogen-bond donors (Lipinski definition) is 2. The molecule has 0 amide bonds. The van der Waals surface area contributed by atoms with Gasteiger partial charge in [0.1, 0.15) is 0 Å². The summed E-state index contributed by atoms with van der Waals surface area (Å²) in [5.41, 5.74) is 7.03. The summed E-state index contributed by atoms with van der Waals surface area (Å²) in [4.78, 5) is 0. The summed E-state index contributed by atoms with van der Waals surface area (Å²) in [6.07, 6.45) is 0. The average molecular weight is 138 g/mol. The van der Waals surface area contributed by atoms with E-state index in [4.69, 9.17) is 5.73 Å². The van der Waals surface area contributed by atoms with Crippen LogP contribution in [-0.4, -0.2) is 17.2 Å². The third-order valence-electron chi connectivity index (χ3n) is 1.18. The maximum absolute atomic E-state index is 5.57. The van der Waals surface area contributed by atoms with Gasteiger partial charge in [0, 0.05) is 7.05 Å². The first-order valence-corrected chi connectivity index (χ1v) is 3.01. The van der Waals surface area contributed by atoms with Crippen molar-refractivity contribution in [2.45, 2.75) is 6.92 Å². The van der Waals surface area contributed by atoms with Crippen molar-refractivity contribution in [1.29, 1.82) is 0 Å². The summed E-state index contributed by atoms with van der Waals surface area (Å²) in [7, 11) is 1.76. The van der Waals surface area contributed by atoms with Crippen LogP contribution in [0.25, 0.3) is 0 Å². The largest absolute Gasteiger partial charge is 0.396 e. The molecule has 0 spiro atoms. The zero-order valence-electron chi connectivity index (χ0n) is 6.05. The summed E-state index contributed by atoms with van der Waals surface area (Å²) >= 11 is 0. The average Bonchev–Trinajstić information content (AvgIpc) is 1.88. The minimum Gasteiger partial charge on any atom is -0.396 e. The predicted molar refractivity (Wildman–Crippen MR) is 40.7 cm³/mol. The monoisotopic (exact) mass is 138 g/mol. The Morgan fingerprint density at radius 1 is 1.50 bits per heavy atom. The molecular formula is C6H10N4. The Morgan fingerprint density at radius 2 is 2.20 bits per heavy atom. The zero-order chi connectivity index (χ0) is 7.56. The Hall–Kier alpha value is -1.32. The molecule has 3 N–H and O–H groups in total. The Morgan fingerprint density at radius 3 is 2.70 bits per heavy atom. The lowest BCUT2D eigenvalue weighted by molar-refractivity contribution is 0.985. The van der Waals surface area contributed by atoms with Gasteiger partial charge < -0.3 is 11.1 Å². The third-order valence-corrected chi connectivity index (χ3v) is 1.18. The van der Waals surface area contributed by atoms with E-state index >= 15 is 0 Å². The molecule has 1 heterocycles. The van der Waals surface area contributed by atoms with E-state index in [1.165, 1.54) is 0 Å². The second-order valence-electron chi connectivity index (χ2n) is 2.04. The minimum absolute atomic E-state index is 0.630. The van der Waals surface area contributed by atoms with Crippen molar-refractivity contribution >= 4 is 11.5 Å². The van der Waals surface area contributed by atoms with Crippen LogP contribution in [0.4, 0.5) is 11.5 Å². The van der Waals surface area contributed by atoms with Gasteiger partial charge in [-0.05, 0) is 13.0 Å². The Bertz CT molecular complexity index is 233. The molecule has 54 valence electrons. The topological polar surface area (TPSA) is 63.8 Å². The van der Waals surface area contributed by atoms with Crippen molar-refractivity contribution in [3.63, 3.8) is 0 Å². The first-order valence-electron chi connectivity index (χ1n) is 3.01. The normalized spacial score (nSPS) is 9.40. The second-order valence-corrected chi connectivity index (χ2v) is 2.04. The predicted octanol–water partition coefficient (Wildman–Crippen LogP) is 0.409. The molecule has 1 aromatic rings. The number of nitrogens with two attached hydrogens (primary N) is 1. The standard InChI is InChI=1S/C6H10N4/c1-4-3-5(7)6(8-2)10-9-4/h3H,1-2H3,(H2,7,9)(H,8,10). The molecular weight excluding hydrogens is 128 g/mol. The van der Waals surface area contributed by atoms with E-state index in [-0.39, 0.29) is 0 Å². The number of anilines is 2. The van der Waals surface area contributed by atoms with Crippen molar-refractivity contribution in [2.24, 2.45) is 0 Å². The maximum Gasteiger partial charge on any atom is 0.171 e. The lowest BCUT2D eigenvalue weighted by Gasteiger charge is -2.01. The van der Waals surface area contributed by atoms with Crippen LogP contribution in [-0.2, 0) is 0 Å². The van der Waals surface area contributed by atoms with Gasteiger partial charge in [-0.2, -0.15) is 5.10 Å². The maximum atomic E-state index is 5.57. The molecule has 4 heteroatoms. The molecule has 0 fully saturated rings. The Balaban J connectivity index is 3.07. The molecule has 0 atom stereocenters. The fourth-order valence-corrected chi connectivity index (χ4v) is 0.703. The van der Waals surface area contributed by atoms with Crippen molar-refractivity contribution in [3.05, 3.63) is 11.8 Å². The minimum atomic E-state index is 0.630. The second kappa shape index (κ2) is 2.51. The van der Waals surface area contributed by atoms with Gasteiger partial charge in [0.05, 0.1) is 11.4 Å². The van der Waals surface area contributed by atoms with Crippen LogP contribution < -0.4 is 11.1 Å². The first-order chi connectivity index (χ1) is 4.74. The number of aryl methyl sites for hydroxylation is 1. The fraction of sp³-hybridized carbons (Fsp3) is 0.333. The quantitative estimate of drug-likeness (QED) is 0.590. The van der Waals surface area contributed by atoms with Gasteiger partial charge in [-0.1, -0.05) is 0 Å². The van der Waals surface area contributed by atoms with Gasteiger partial charge in [0.2, 0.25) is 0 Å². The first kappa shape index (κ1) is 6.80. The number of nitrogen functional groups attached to an aromatic ring is 1. The highest BCUT2D eigenvalue weighted by Gasteiger charge is 1.96. The van der Waals surface area contributed by atoms with E-state index in [2.05, 4.69) is 15.5 Å². The summed E-state index contributed by atoms with van der Waals surface area (Å²) in [6, 6.07) is 1.78. The van der Waals surface area contributed by atoms with Gasteiger partial charge >= 0.3 is 0 Å². The number of nitrogens with one attached hydrogen (secondary N) is 1. The number of nitrogens with zero attached hydrogens (tertiary/aromatic N) is 2. The number of rotatable bonds is 1. The molecule has 0 radical (unpaired) electrons. The lowest BCUT2D eigenvalue weighted by atomic mass is 10.4. The molecule has 4 nitrogen and oxygen atoms in total. The Kier molecular flexibility index (Phi) is 1.71. The molecule has 0 bridgehead atoms. The van der Waals surface area contributed by atoms with Crippen LogP contribution in [0.15, 0.2) is 6.07 Å². The van der Waals surface area contributed by atoms with E-state index in [1.54, 1.807) is 13.1 Å². The molecule has 10 heavy (non-hydrogen) atoms. The third kappa shape index (κ3) is 1.15. The van der Waals surface area contributed by atoms with Crippen molar-refractivity contribution < 1.29 is 0 Å². The summed E-state index contributed by atoms with van der Waals surface area (Å²) in [5.74, 6) is 0.630. The summed E-state index contributed by atoms with van der Waals surface area (Å²) < 4.78 is 0. The molecule has 0 saturated carbocycles. The molecule has 0 aliphatic rings. The Labute approximate surface area is 59.5 Å². The molecule has 0 aromatic carbocycles. The van der Waals surface area contributed by atoms with Crippen LogP contribution in [0.5, 0.6) is 0 Å². The van der Waals surface area contributed by atoms with Crippen molar-refractivity contribution in [1.82, 2.24) is 10.2 Å². The SMILES string of the molecule is CNc1nnc(C)cc1N. The molecule has 1 rings (SSSR count). The highest BCUT2D eigenvalue weighted by Crippen LogP contribution is 2.11. The van der Waals surface area contributed by atoms with Crippen LogP contribution in [0.3, 0.4) is 0 Å². The number of hydrogen-bond acceptors (Lipinski definition) is 4. The molecule has 0 aliphatic carbocycles. The van der Waals surface area contributed by atoms with Crippen LogP contribution in [0, 0.1) is 6.92 Å². The molecule has 1 aromatic heterocycles. The van der Waals surface area contributed by atoms with Crippen molar-refractivity contribution in [2.75, 3.05) is 18.1 Å². The van der Waals surface area contributed by atoms with Gasteiger partial charge in [0.15, 0.2) is 5.82 Å². The highest BCUT2D eigenvalue weighted by atomic mass is 15.2. The lowest BCUT2D eigenvalue weighted by Crippen LogP contribution is -2.01. The van der Waals surface area contributed by atoms with E-state index in [1.807, 2.05) is 6.92 Å². The zero-order valence-corrected chi connectivity index (χ0v) is 6.05. The van der Waals surface area contributed by atoms with Gasteiger partial charge in [-0.3, -0.25) is 0 Å². The van der Waals surface area contributed by atoms with E-state index < -0.39 is 0 Å². The molecule has 0 saturated heterocycles. The summed E-state index contributed by atoms with van der Waals surface area (Å²) in [6.45, 7) is 1.85. The van der Waals surface area contributed by atoms with Gasteiger partial charge in [-0.15, -0.1) is 5.10 Å². The summed E-state index contributed by atoms with van der Waals surface area (Å²) in [5, 5.41) is 10.5. The van der Waals surface area contributed by atoms with Crippen LogP contribution in [0.2, 0.25) is 0 Å². The molecule has 0 aliphatic heterocycles. The van der Waals surface area contributed by atoms with Crippen LogP contribution >= 0.6 is 0 Å². The van der Waals surface area contributed by atoms with Gasteiger partial charge in [-0.25, -0.2) is 0 Å². The van der Waals surface area contributed by atoms with Gasteiger partial charge in [0.25, 0.3) is 0 Å². The molecule has 0 unspecified atom stereocenters.